The topological polar surface area (TPSA) is 49.4 Å². The highest BCUT2D eigenvalue weighted by Crippen LogP contribution is 2.20. The van der Waals surface area contributed by atoms with Crippen molar-refractivity contribution in [2.75, 3.05) is 6.54 Å². The lowest BCUT2D eigenvalue weighted by Crippen LogP contribution is -2.49. The van der Waals surface area contributed by atoms with Crippen molar-refractivity contribution in [2.45, 2.75) is 59.0 Å². The SMILES string of the molecule is CCCCNC(=O)[C@@H](CC)N(Cc1ccccc1Cl)C(=O)Cc1ccc(C)cc1. The first kappa shape index (κ1) is 23.0. The van der Waals surface area contributed by atoms with Crippen LogP contribution in [0.25, 0.3) is 0 Å². The number of amides is 2. The minimum atomic E-state index is -0.527. The highest BCUT2D eigenvalue weighted by atomic mass is 35.5. The molecule has 0 aliphatic rings. The fourth-order valence-electron chi connectivity index (χ4n) is 3.22. The van der Waals surface area contributed by atoms with Crippen LogP contribution < -0.4 is 5.32 Å². The quantitative estimate of drug-likeness (QED) is 0.561. The molecule has 0 heterocycles. The van der Waals surface area contributed by atoms with E-state index in [4.69, 9.17) is 11.6 Å². The van der Waals surface area contributed by atoms with Gasteiger partial charge in [-0.15, -0.1) is 0 Å². The zero-order chi connectivity index (χ0) is 21.2. The molecule has 1 atom stereocenters. The van der Waals surface area contributed by atoms with Gasteiger partial charge in [0.1, 0.15) is 6.04 Å². The van der Waals surface area contributed by atoms with Crippen molar-refractivity contribution >= 4 is 23.4 Å². The molecule has 0 bridgehead atoms. The summed E-state index contributed by atoms with van der Waals surface area (Å²) in [6.45, 7) is 6.96. The van der Waals surface area contributed by atoms with Gasteiger partial charge in [0.2, 0.25) is 11.8 Å². The van der Waals surface area contributed by atoms with E-state index < -0.39 is 6.04 Å². The van der Waals surface area contributed by atoms with E-state index >= 15 is 0 Å². The van der Waals surface area contributed by atoms with Crippen LogP contribution in [-0.2, 0) is 22.6 Å². The Bertz CT molecular complexity index is 805. The second kappa shape index (κ2) is 11.6. The zero-order valence-corrected chi connectivity index (χ0v) is 18.3. The summed E-state index contributed by atoms with van der Waals surface area (Å²) in [7, 11) is 0. The lowest BCUT2D eigenvalue weighted by molar-refractivity contribution is -0.140. The molecule has 0 aromatic heterocycles. The molecule has 0 aliphatic heterocycles. The van der Waals surface area contributed by atoms with Crippen LogP contribution in [-0.4, -0.2) is 29.3 Å². The summed E-state index contributed by atoms with van der Waals surface area (Å²) in [4.78, 5) is 27.7. The molecule has 156 valence electrons. The largest absolute Gasteiger partial charge is 0.354 e. The summed E-state index contributed by atoms with van der Waals surface area (Å²) in [5.41, 5.74) is 2.92. The molecule has 0 radical (unpaired) electrons. The van der Waals surface area contributed by atoms with Gasteiger partial charge in [0, 0.05) is 18.1 Å². The number of hydrogen-bond acceptors (Lipinski definition) is 2. The molecule has 1 N–H and O–H groups in total. The molecule has 29 heavy (non-hydrogen) atoms. The van der Waals surface area contributed by atoms with Crippen LogP contribution in [0, 0.1) is 6.92 Å². The summed E-state index contributed by atoms with van der Waals surface area (Å²) in [6.07, 6.45) is 2.72. The number of rotatable bonds is 10. The van der Waals surface area contributed by atoms with Gasteiger partial charge in [-0.2, -0.15) is 0 Å². The number of aryl methyl sites for hydroxylation is 1. The van der Waals surface area contributed by atoms with E-state index in [1.165, 1.54) is 0 Å². The van der Waals surface area contributed by atoms with Gasteiger partial charge in [-0.1, -0.05) is 79.9 Å². The second-order valence-electron chi connectivity index (χ2n) is 7.34. The van der Waals surface area contributed by atoms with Gasteiger partial charge < -0.3 is 10.2 Å². The third-order valence-electron chi connectivity index (χ3n) is 4.99. The third kappa shape index (κ3) is 6.90. The third-order valence-corrected chi connectivity index (χ3v) is 5.36. The van der Waals surface area contributed by atoms with Gasteiger partial charge in [0.25, 0.3) is 0 Å². The van der Waals surface area contributed by atoms with Crippen molar-refractivity contribution in [3.05, 3.63) is 70.2 Å². The summed E-state index contributed by atoms with van der Waals surface area (Å²) >= 11 is 6.34. The first-order valence-electron chi connectivity index (χ1n) is 10.3. The molecule has 2 rings (SSSR count). The van der Waals surface area contributed by atoms with E-state index in [0.29, 0.717) is 24.5 Å². The van der Waals surface area contributed by atoms with E-state index in [1.807, 2.05) is 62.4 Å². The Morgan fingerprint density at radius 1 is 1.07 bits per heavy atom. The predicted molar refractivity (Wildman–Crippen MR) is 119 cm³/mol. The Morgan fingerprint density at radius 2 is 1.76 bits per heavy atom. The van der Waals surface area contributed by atoms with Crippen molar-refractivity contribution in [2.24, 2.45) is 0 Å². The first-order chi connectivity index (χ1) is 14.0. The number of carbonyl (C=O) groups is 2. The Labute approximate surface area is 179 Å². The Kier molecular flexibility index (Phi) is 9.20. The van der Waals surface area contributed by atoms with Crippen molar-refractivity contribution in [1.29, 1.82) is 0 Å². The minimum absolute atomic E-state index is 0.0775. The van der Waals surface area contributed by atoms with Crippen molar-refractivity contribution in [1.82, 2.24) is 10.2 Å². The lowest BCUT2D eigenvalue weighted by atomic mass is 10.1. The van der Waals surface area contributed by atoms with Gasteiger partial charge in [0.05, 0.1) is 6.42 Å². The normalized spacial score (nSPS) is 11.7. The number of benzene rings is 2. The maximum Gasteiger partial charge on any atom is 0.242 e. The van der Waals surface area contributed by atoms with Gasteiger partial charge in [-0.3, -0.25) is 9.59 Å². The molecule has 0 unspecified atom stereocenters. The molecule has 4 nitrogen and oxygen atoms in total. The van der Waals surface area contributed by atoms with Gasteiger partial charge in [0.15, 0.2) is 0 Å². The number of hydrogen-bond donors (Lipinski definition) is 1. The van der Waals surface area contributed by atoms with Crippen LogP contribution >= 0.6 is 11.6 Å². The van der Waals surface area contributed by atoms with E-state index in [2.05, 4.69) is 12.2 Å². The fourth-order valence-corrected chi connectivity index (χ4v) is 3.41. The number of nitrogens with zero attached hydrogens (tertiary/aromatic N) is 1. The van der Waals surface area contributed by atoms with E-state index in [-0.39, 0.29) is 18.2 Å². The summed E-state index contributed by atoms with van der Waals surface area (Å²) in [6, 6.07) is 14.8. The Morgan fingerprint density at radius 3 is 2.38 bits per heavy atom. The standard InChI is InChI=1S/C24H31ClN2O2/c1-4-6-15-26-24(29)22(5-2)27(17-20-9-7-8-10-21(20)25)23(28)16-19-13-11-18(3)12-14-19/h7-14,22H,4-6,15-17H2,1-3H3,(H,26,29)/t22-/m1/s1. The van der Waals surface area contributed by atoms with E-state index in [1.54, 1.807) is 4.90 Å². The summed E-state index contributed by atoms with van der Waals surface area (Å²) < 4.78 is 0. The smallest absolute Gasteiger partial charge is 0.242 e. The maximum atomic E-state index is 13.3. The average Bonchev–Trinajstić information content (AvgIpc) is 2.71. The number of carbonyl (C=O) groups excluding carboxylic acids is 2. The van der Waals surface area contributed by atoms with E-state index in [0.717, 1.165) is 29.5 Å². The molecular formula is C24H31ClN2O2. The van der Waals surface area contributed by atoms with Gasteiger partial charge in [-0.25, -0.2) is 0 Å². The second-order valence-corrected chi connectivity index (χ2v) is 7.75. The number of halogens is 1. The average molecular weight is 415 g/mol. The fraction of sp³-hybridized carbons (Fsp3) is 0.417. The number of nitrogens with one attached hydrogen (secondary N) is 1. The minimum Gasteiger partial charge on any atom is -0.354 e. The number of unbranched alkanes of at least 4 members (excludes halogenated alkanes) is 1. The van der Waals surface area contributed by atoms with Crippen LogP contribution in [0.4, 0.5) is 0 Å². The first-order valence-corrected chi connectivity index (χ1v) is 10.7. The predicted octanol–water partition coefficient (Wildman–Crippen LogP) is 4.91. The molecule has 5 heteroatoms. The van der Waals surface area contributed by atoms with Crippen molar-refractivity contribution < 1.29 is 9.59 Å². The molecule has 0 saturated heterocycles. The lowest BCUT2D eigenvalue weighted by Gasteiger charge is -2.31. The molecular weight excluding hydrogens is 384 g/mol. The summed E-state index contributed by atoms with van der Waals surface area (Å²) in [5, 5.41) is 3.57. The molecule has 2 amide bonds. The van der Waals surface area contributed by atoms with E-state index in [9.17, 15) is 9.59 Å². The van der Waals surface area contributed by atoms with Gasteiger partial charge in [-0.05, 0) is 37.0 Å². The highest BCUT2D eigenvalue weighted by Gasteiger charge is 2.28. The molecule has 0 fully saturated rings. The molecule has 0 spiro atoms. The van der Waals surface area contributed by atoms with Crippen LogP contribution in [0.15, 0.2) is 48.5 Å². The van der Waals surface area contributed by atoms with Crippen LogP contribution in [0.2, 0.25) is 5.02 Å². The molecule has 0 aliphatic carbocycles. The van der Waals surface area contributed by atoms with Gasteiger partial charge >= 0.3 is 0 Å². The van der Waals surface area contributed by atoms with Crippen molar-refractivity contribution in [3.8, 4) is 0 Å². The zero-order valence-electron chi connectivity index (χ0n) is 17.6. The molecule has 0 saturated carbocycles. The molecule has 2 aromatic carbocycles. The Balaban J connectivity index is 2.25. The van der Waals surface area contributed by atoms with Crippen LogP contribution in [0.5, 0.6) is 0 Å². The maximum absolute atomic E-state index is 13.3. The summed E-state index contributed by atoms with van der Waals surface area (Å²) in [5.74, 6) is -0.184. The molecule has 2 aromatic rings. The van der Waals surface area contributed by atoms with Crippen LogP contribution in [0.1, 0.15) is 49.8 Å². The highest BCUT2D eigenvalue weighted by molar-refractivity contribution is 6.31. The monoisotopic (exact) mass is 414 g/mol. The van der Waals surface area contributed by atoms with Crippen LogP contribution in [0.3, 0.4) is 0 Å². The van der Waals surface area contributed by atoms with Crippen molar-refractivity contribution in [3.63, 3.8) is 0 Å². The Hall–Kier alpha value is -2.33.